The van der Waals surface area contributed by atoms with Crippen molar-refractivity contribution >= 4 is 16.9 Å². The number of nitrogen functional groups attached to an aromatic ring is 1. The summed E-state index contributed by atoms with van der Waals surface area (Å²) < 4.78 is 6.27. The van der Waals surface area contributed by atoms with Crippen LogP contribution in [-0.4, -0.2) is 16.1 Å². The first-order valence-electron chi connectivity index (χ1n) is 7.72. The van der Waals surface area contributed by atoms with Crippen molar-refractivity contribution in [3.63, 3.8) is 0 Å². The van der Waals surface area contributed by atoms with Gasteiger partial charge >= 0.3 is 0 Å². The zero-order valence-electron chi connectivity index (χ0n) is 12.4. The minimum atomic E-state index is 0.243. The lowest BCUT2D eigenvalue weighted by molar-refractivity contribution is 0.0875. The van der Waals surface area contributed by atoms with Crippen LogP contribution >= 0.6 is 0 Å². The molecule has 0 saturated heterocycles. The zero-order valence-corrected chi connectivity index (χ0v) is 12.4. The molecule has 1 aliphatic rings. The summed E-state index contributed by atoms with van der Waals surface area (Å²) in [6.45, 7) is 2.23. The predicted molar refractivity (Wildman–Crippen MR) is 84.0 cm³/mol. The van der Waals surface area contributed by atoms with Gasteiger partial charge in [0.2, 0.25) is 11.8 Å². The molecule has 5 nitrogen and oxygen atoms in total. The Morgan fingerprint density at radius 3 is 2.86 bits per heavy atom. The topological polar surface area (TPSA) is 73.1 Å². The molecular weight excluding hydrogens is 264 g/mol. The van der Waals surface area contributed by atoms with Crippen LogP contribution in [0.15, 0.2) is 24.3 Å². The number of aromatic nitrogens is 2. The zero-order chi connectivity index (χ0) is 14.7. The molecule has 1 aromatic heterocycles. The number of hydrazine groups is 1. The van der Waals surface area contributed by atoms with Crippen LogP contribution in [0.25, 0.3) is 10.9 Å². The maximum atomic E-state index is 6.27. The van der Waals surface area contributed by atoms with Gasteiger partial charge in [-0.2, -0.15) is 4.98 Å². The largest absolute Gasteiger partial charge is 0.473 e. The van der Waals surface area contributed by atoms with Gasteiger partial charge in [-0.1, -0.05) is 25.5 Å². The Labute approximate surface area is 124 Å². The van der Waals surface area contributed by atoms with Crippen LogP contribution < -0.4 is 16.0 Å². The summed E-state index contributed by atoms with van der Waals surface area (Å²) in [6.07, 6.45) is 6.27. The number of nitrogens with zero attached hydrogens (tertiary/aromatic N) is 2. The normalized spacial score (nSPS) is 22.2. The first kappa shape index (κ1) is 14.1. The summed E-state index contributed by atoms with van der Waals surface area (Å²) in [6, 6.07) is 7.87. The Bertz CT molecular complexity index is 616. The second-order valence-corrected chi connectivity index (χ2v) is 5.62. The summed E-state index contributed by atoms with van der Waals surface area (Å²) in [7, 11) is 0. The number of para-hydroxylation sites is 1. The third kappa shape index (κ3) is 2.93. The Kier molecular flexibility index (Phi) is 4.20. The fraction of sp³-hybridized carbons (Fsp3) is 0.500. The van der Waals surface area contributed by atoms with E-state index in [4.69, 9.17) is 10.6 Å². The average Bonchev–Trinajstić information content (AvgIpc) is 2.55. The van der Waals surface area contributed by atoms with E-state index in [-0.39, 0.29) is 6.10 Å². The molecule has 1 aliphatic carbocycles. The highest BCUT2D eigenvalue weighted by Crippen LogP contribution is 2.32. The highest BCUT2D eigenvalue weighted by molar-refractivity contribution is 5.84. The lowest BCUT2D eigenvalue weighted by atomic mass is 9.85. The molecule has 1 aromatic carbocycles. The van der Waals surface area contributed by atoms with Crippen molar-refractivity contribution in [2.45, 2.75) is 45.1 Å². The van der Waals surface area contributed by atoms with Crippen molar-refractivity contribution in [2.24, 2.45) is 11.8 Å². The molecule has 0 spiro atoms. The van der Waals surface area contributed by atoms with Gasteiger partial charge in [-0.3, -0.25) is 5.43 Å². The molecule has 1 heterocycles. The predicted octanol–water partition coefficient (Wildman–Crippen LogP) is 3.26. The fourth-order valence-corrected chi connectivity index (χ4v) is 3.14. The first-order valence-corrected chi connectivity index (χ1v) is 7.72. The van der Waals surface area contributed by atoms with E-state index in [1.807, 2.05) is 24.3 Å². The third-order valence-electron chi connectivity index (χ3n) is 4.32. The van der Waals surface area contributed by atoms with Gasteiger partial charge in [0.1, 0.15) is 6.10 Å². The standard InChI is InChI=1S/C16H22N4O/c1-2-11-7-3-6-10-14(11)21-15-12-8-4-5-9-13(12)18-16(19-15)20-17/h4-5,8-9,11,14H,2-3,6-7,10,17H2,1H3,(H,18,19,20). The lowest BCUT2D eigenvalue weighted by Crippen LogP contribution is -2.30. The van der Waals surface area contributed by atoms with Crippen LogP contribution in [0.2, 0.25) is 0 Å². The van der Waals surface area contributed by atoms with Crippen molar-refractivity contribution in [2.75, 3.05) is 5.43 Å². The highest BCUT2D eigenvalue weighted by Gasteiger charge is 2.26. The molecule has 0 aliphatic heterocycles. The van der Waals surface area contributed by atoms with Crippen molar-refractivity contribution in [3.05, 3.63) is 24.3 Å². The van der Waals surface area contributed by atoms with E-state index in [1.54, 1.807) is 0 Å². The monoisotopic (exact) mass is 286 g/mol. The van der Waals surface area contributed by atoms with E-state index in [9.17, 15) is 0 Å². The number of hydrogen-bond acceptors (Lipinski definition) is 5. The Balaban J connectivity index is 1.95. The highest BCUT2D eigenvalue weighted by atomic mass is 16.5. The first-order chi connectivity index (χ1) is 10.3. The van der Waals surface area contributed by atoms with Crippen LogP contribution in [-0.2, 0) is 0 Å². The molecule has 0 bridgehead atoms. The summed E-state index contributed by atoms with van der Waals surface area (Å²) >= 11 is 0. The van der Waals surface area contributed by atoms with E-state index in [0.29, 0.717) is 17.7 Å². The molecule has 1 fully saturated rings. The van der Waals surface area contributed by atoms with E-state index in [0.717, 1.165) is 23.7 Å². The SMILES string of the molecule is CCC1CCCCC1Oc1nc(NN)nc2ccccc12. The van der Waals surface area contributed by atoms with Crippen molar-refractivity contribution < 1.29 is 4.74 Å². The molecule has 3 rings (SSSR count). The number of benzene rings is 1. The molecule has 112 valence electrons. The van der Waals surface area contributed by atoms with Crippen LogP contribution in [0.3, 0.4) is 0 Å². The Hall–Kier alpha value is -1.88. The van der Waals surface area contributed by atoms with Gasteiger partial charge in [-0.05, 0) is 43.7 Å². The Morgan fingerprint density at radius 2 is 2.05 bits per heavy atom. The molecule has 5 heteroatoms. The van der Waals surface area contributed by atoms with E-state index in [2.05, 4.69) is 22.3 Å². The van der Waals surface area contributed by atoms with Gasteiger partial charge in [0.25, 0.3) is 0 Å². The number of anilines is 1. The number of nitrogens with one attached hydrogen (secondary N) is 1. The summed E-state index contributed by atoms with van der Waals surface area (Å²) in [5, 5.41) is 0.942. The quantitative estimate of drug-likeness (QED) is 0.666. The van der Waals surface area contributed by atoms with Gasteiger partial charge in [-0.15, -0.1) is 0 Å². The molecule has 2 unspecified atom stereocenters. The number of ether oxygens (including phenoxy) is 1. The van der Waals surface area contributed by atoms with Crippen molar-refractivity contribution in [1.82, 2.24) is 9.97 Å². The van der Waals surface area contributed by atoms with Gasteiger partial charge < -0.3 is 4.74 Å². The maximum Gasteiger partial charge on any atom is 0.241 e. The number of nitrogens with two attached hydrogens (primary N) is 1. The van der Waals surface area contributed by atoms with Crippen LogP contribution in [0.1, 0.15) is 39.0 Å². The molecule has 0 radical (unpaired) electrons. The molecule has 3 N–H and O–H groups in total. The second-order valence-electron chi connectivity index (χ2n) is 5.62. The van der Waals surface area contributed by atoms with Gasteiger partial charge in [0.05, 0.1) is 10.9 Å². The van der Waals surface area contributed by atoms with E-state index < -0.39 is 0 Å². The Morgan fingerprint density at radius 1 is 1.24 bits per heavy atom. The fourth-order valence-electron chi connectivity index (χ4n) is 3.14. The molecule has 1 saturated carbocycles. The lowest BCUT2D eigenvalue weighted by Gasteiger charge is -2.31. The number of hydrogen-bond donors (Lipinski definition) is 2. The molecule has 2 atom stereocenters. The van der Waals surface area contributed by atoms with Crippen LogP contribution in [0.5, 0.6) is 5.88 Å². The van der Waals surface area contributed by atoms with Crippen LogP contribution in [0, 0.1) is 5.92 Å². The third-order valence-corrected chi connectivity index (χ3v) is 4.32. The molecule has 0 amide bonds. The van der Waals surface area contributed by atoms with Crippen molar-refractivity contribution in [3.8, 4) is 5.88 Å². The summed E-state index contributed by atoms with van der Waals surface area (Å²) in [4.78, 5) is 8.77. The van der Waals surface area contributed by atoms with Gasteiger partial charge in [0.15, 0.2) is 0 Å². The van der Waals surface area contributed by atoms with Gasteiger partial charge in [0, 0.05) is 0 Å². The van der Waals surface area contributed by atoms with Gasteiger partial charge in [-0.25, -0.2) is 10.8 Å². The number of fused-ring (bicyclic) bond motifs is 1. The minimum Gasteiger partial charge on any atom is -0.473 e. The van der Waals surface area contributed by atoms with Crippen molar-refractivity contribution in [1.29, 1.82) is 0 Å². The maximum absolute atomic E-state index is 6.27. The van der Waals surface area contributed by atoms with E-state index in [1.165, 1.54) is 19.3 Å². The average molecular weight is 286 g/mol. The van der Waals surface area contributed by atoms with E-state index >= 15 is 0 Å². The summed E-state index contributed by atoms with van der Waals surface area (Å²) in [5.41, 5.74) is 3.37. The molecule has 21 heavy (non-hydrogen) atoms. The molecule has 2 aromatic rings. The number of rotatable bonds is 4. The summed E-state index contributed by atoms with van der Waals surface area (Å²) in [5.74, 6) is 7.11. The second kappa shape index (κ2) is 6.26. The smallest absolute Gasteiger partial charge is 0.241 e. The molecular formula is C16H22N4O. The van der Waals surface area contributed by atoms with Crippen LogP contribution in [0.4, 0.5) is 5.95 Å². The minimum absolute atomic E-state index is 0.243.